The zero-order chi connectivity index (χ0) is 14.8. The van der Waals surface area contributed by atoms with Crippen LogP contribution in [0.4, 0.5) is 0 Å². The maximum absolute atomic E-state index is 12.6. The van der Waals surface area contributed by atoms with E-state index in [0.717, 1.165) is 24.1 Å². The third-order valence-corrected chi connectivity index (χ3v) is 6.87. The van der Waals surface area contributed by atoms with Gasteiger partial charge in [-0.15, -0.1) is 11.3 Å². The Kier molecular flexibility index (Phi) is 4.66. The first-order chi connectivity index (χ1) is 9.48. The molecule has 0 aliphatic heterocycles. The summed E-state index contributed by atoms with van der Waals surface area (Å²) in [6.45, 7) is 2.25. The van der Waals surface area contributed by atoms with E-state index in [4.69, 9.17) is 10.9 Å². The fourth-order valence-electron chi connectivity index (χ4n) is 1.94. The van der Waals surface area contributed by atoms with Crippen molar-refractivity contribution in [2.75, 3.05) is 6.54 Å². The number of hydrogen-bond donors (Lipinski definition) is 2. The number of nitrogens with two attached hydrogens (primary N) is 1. The first-order valence-corrected chi connectivity index (χ1v) is 8.81. The van der Waals surface area contributed by atoms with Crippen LogP contribution in [0.25, 0.3) is 0 Å². The molecule has 8 heteroatoms. The second kappa shape index (κ2) is 6.11. The molecule has 0 aromatic carbocycles. The van der Waals surface area contributed by atoms with Crippen molar-refractivity contribution in [3.05, 3.63) is 17.0 Å². The third kappa shape index (κ3) is 3.31. The van der Waals surface area contributed by atoms with Crippen molar-refractivity contribution in [2.24, 2.45) is 10.9 Å². The number of aryl methyl sites for hydroxylation is 1. The van der Waals surface area contributed by atoms with Gasteiger partial charge in [0.25, 0.3) is 10.0 Å². The largest absolute Gasteiger partial charge is 0.409 e. The summed E-state index contributed by atoms with van der Waals surface area (Å²) in [6.07, 6.45) is 2.81. The number of nitrogens with zero attached hydrogens (tertiary/aromatic N) is 2. The first kappa shape index (κ1) is 15.3. The molecule has 1 aromatic rings. The molecule has 0 amide bonds. The molecule has 1 heterocycles. The predicted octanol–water partition coefficient (Wildman–Crippen LogP) is 1.60. The molecule has 1 saturated carbocycles. The quantitative estimate of drug-likeness (QED) is 0.345. The Labute approximate surface area is 122 Å². The zero-order valence-corrected chi connectivity index (χ0v) is 13.0. The fourth-order valence-corrected chi connectivity index (χ4v) is 5.05. The molecule has 2 rings (SSSR count). The molecule has 0 spiro atoms. The van der Waals surface area contributed by atoms with Crippen molar-refractivity contribution in [3.8, 4) is 0 Å². The summed E-state index contributed by atoms with van der Waals surface area (Å²) in [5, 5.41) is 11.4. The number of sulfonamides is 1. The number of amidine groups is 1. The Morgan fingerprint density at radius 2 is 2.25 bits per heavy atom. The summed E-state index contributed by atoms with van der Waals surface area (Å²) in [5.74, 6) is 0.0475. The normalized spacial score (nSPS) is 16.8. The summed E-state index contributed by atoms with van der Waals surface area (Å²) >= 11 is 1.31. The Balaban J connectivity index is 2.19. The highest BCUT2D eigenvalue weighted by Gasteiger charge is 2.38. The Bertz CT molecular complexity index is 591. The summed E-state index contributed by atoms with van der Waals surface area (Å²) in [7, 11) is -3.47. The van der Waals surface area contributed by atoms with Gasteiger partial charge < -0.3 is 10.9 Å². The van der Waals surface area contributed by atoms with Crippen molar-refractivity contribution in [2.45, 2.75) is 42.9 Å². The van der Waals surface area contributed by atoms with Crippen LogP contribution in [0.2, 0.25) is 0 Å². The predicted molar refractivity (Wildman–Crippen MR) is 78.6 cm³/mol. The van der Waals surface area contributed by atoms with Gasteiger partial charge in [0.1, 0.15) is 10.0 Å². The number of oxime groups is 1. The van der Waals surface area contributed by atoms with Crippen molar-refractivity contribution in [1.82, 2.24) is 4.31 Å². The smallest absolute Gasteiger partial charge is 0.252 e. The molecule has 112 valence electrons. The van der Waals surface area contributed by atoms with Gasteiger partial charge in [-0.25, -0.2) is 8.42 Å². The van der Waals surface area contributed by atoms with Crippen molar-refractivity contribution in [3.63, 3.8) is 0 Å². The van der Waals surface area contributed by atoms with E-state index in [0.29, 0.717) is 4.21 Å². The lowest BCUT2D eigenvalue weighted by molar-refractivity contribution is 0.315. The monoisotopic (exact) mass is 317 g/mol. The van der Waals surface area contributed by atoms with E-state index < -0.39 is 10.0 Å². The van der Waals surface area contributed by atoms with Crippen LogP contribution in [-0.2, 0) is 16.4 Å². The second-order valence-corrected chi connectivity index (χ2v) is 8.05. The topological polar surface area (TPSA) is 96.0 Å². The Morgan fingerprint density at radius 3 is 2.75 bits per heavy atom. The highest BCUT2D eigenvalue weighted by atomic mass is 32.2. The minimum atomic E-state index is -3.47. The Hall–Kier alpha value is -1.12. The molecule has 0 radical (unpaired) electrons. The van der Waals surface area contributed by atoms with Crippen LogP contribution in [0, 0.1) is 0 Å². The van der Waals surface area contributed by atoms with Gasteiger partial charge in [0, 0.05) is 23.9 Å². The van der Waals surface area contributed by atoms with Crippen molar-refractivity contribution in [1.29, 1.82) is 0 Å². The zero-order valence-electron chi connectivity index (χ0n) is 11.3. The summed E-state index contributed by atoms with van der Waals surface area (Å²) in [5.41, 5.74) is 5.43. The molecule has 0 atom stereocenters. The van der Waals surface area contributed by atoms with Crippen LogP contribution < -0.4 is 5.73 Å². The van der Waals surface area contributed by atoms with E-state index in [1.807, 2.05) is 13.0 Å². The van der Waals surface area contributed by atoms with E-state index in [1.165, 1.54) is 15.6 Å². The average molecular weight is 317 g/mol. The summed E-state index contributed by atoms with van der Waals surface area (Å²) < 4.78 is 27.1. The standard InChI is InChI=1S/C12H19N3O3S2/c1-2-10-5-6-12(19-10)20(17,18)15(9-3-4-9)8-7-11(13)14-16/h5-6,9,16H,2-4,7-8H2,1H3,(H2,13,14). The summed E-state index contributed by atoms with van der Waals surface area (Å²) in [6, 6.07) is 3.57. The number of hydrogen-bond acceptors (Lipinski definition) is 5. The second-order valence-electron chi connectivity index (χ2n) is 4.76. The van der Waals surface area contributed by atoms with Gasteiger partial charge in [-0.1, -0.05) is 12.1 Å². The van der Waals surface area contributed by atoms with Gasteiger partial charge >= 0.3 is 0 Å². The lowest BCUT2D eigenvalue weighted by Gasteiger charge is -2.20. The van der Waals surface area contributed by atoms with E-state index in [-0.39, 0.29) is 24.8 Å². The fraction of sp³-hybridized carbons (Fsp3) is 0.583. The molecule has 1 fully saturated rings. The average Bonchev–Trinajstić information content (AvgIpc) is 3.13. The van der Waals surface area contributed by atoms with Gasteiger partial charge in [0.15, 0.2) is 0 Å². The van der Waals surface area contributed by atoms with Crippen molar-refractivity contribution < 1.29 is 13.6 Å². The van der Waals surface area contributed by atoms with Gasteiger partial charge in [-0.2, -0.15) is 4.31 Å². The van der Waals surface area contributed by atoms with Crippen LogP contribution in [-0.4, -0.2) is 36.4 Å². The van der Waals surface area contributed by atoms with Crippen LogP contribution >= 0.6 is 11.3 Å². The molecule has 0 bridgehead atoms. The molecular weight excluding hydrogens is 298 g/mol. The lowest BCUT2D eigenvalue weighted by atomic mass is 10.4. The molecule has 0 saturated heterocycles. The minimum Gasteiger partial charge on any atom is -0.409 e. The molecule has 1 aliphatic rings. The maximum atomic E-state index is 12.6. The van der Waals surface area contributed by atoms with E-state index in [2.05, 4.69) is 5.16 Å². The van der Waals surface area contributed by atoms with Crippen molar-refractivity contribution >= 4 is 27.2 Å². The highest BCUT2D eigenvalue weighted by Crippen LogP contribution is 2.34. The molecule has 1 aliphatic carbocycles. The summed E-state index contributed by atoms with van der Waals surface area (Å²) in [4.78, 5) is 1.05. The molecule has 6 nitrogen and oxygen atoms in total. The molecule has 0 unspecified atom stereocenters. The first-order valence-electron chi connectivity index (χ1n) is 6.56. The molecular formula is C12H19N3O3S2. The van der Waals surface area contributed by atoms with Crippen LogP contribution in [0.15, 0.2) is 21.5 Å². The van der Waals surface area contributed by atoms with Crippen LogP contribution in [0.3, 0.4) is 0 Å². The molecule has 20 heavy (non-hydrogen) atoms. The van der Waals surface area contributed by atoms with Gasteiger partial charge in [-0.3, -0.25) is 0 Å². The molecule has 3 N–H and O–H groups in total. The SMILES string of the molecule is CCc1ccc(S(=O)(=O)N(CCC(N)=NO)C2CC2)s1. The van der Waals surface area contributed by atoms with Gasteiger partial charge in [0.05, 0.1) is 0 Å². The van der Waals surface area contributed by atoms with Gasteiger partial charge in [-0.05, 0) is 31.4 Å². The number of rotatable bonds is 7. The molecule has 1 aromatic heterocycles. The van der Waals surface area contributed by atoms with Crippen LogP contribution in [0.1, 0.15) is 31.1 Å². The van der Waals surface area contributed by atoms with E-state index >= 15 is 0 Å². The Morgan fingerprint density at radius 1 is 1.55 bits per heavy atom. The lowest BCUT2D eigenvalue weighted by Crippen LogP contribution is -2.35. The van der Waals surface area contributed by atoms with E-state index in [1.54, 1.807) is 6.07 Å². The third-order valence-electron chi connectivity index (χ3n) is 3.22. The van der Waals surface area contributed by atoms with Crippen LogP contribution in [0.5, 0.6) is 0 Å². The van der Waals surface area contributed by atoms with E-state index in [9.17, 15) is 8.42 Å². The number of thiophene rings is 1. The minimum absolute atomic E-state index is 0.0475. The maximum Gasteiger partial charge on any atom is 0.252 e. The van der Waals surface area contributed by atoms with Gasteiger partial charge in [0.2, 0.25) is 0 Å². The highest BCUT2D eigenvalue weighted by molar-refractivity contribution is 7.91.